The molecule has 4 nitrogen and oxygen atoms in total. The van der Waals surface area contributed by atoms with E-state index >= 15 is 0 Å². The van der Waals surface area contributed by atoms with Crippen LogP contribution in [0.3, 0.4) is 0 Å². The normalized spacial score (nSPS) is 18.0. The van der Waals surface area contributed by atoms with Crippen LogP contribution in [0.15, 0.2) is 60.7 Å². The van der Waals surface area contributed by atoms with Gasteiger partial charge in [-0.15, -0.1) is 0 Å². The van der Waals surface area contributed by atoms with Gasteiger partial charge in [-0.2, -0.15) is 0 Å². The van der Waals surface area contributed by atoms with Gasteiger partial charge < -0.3 is 14.7 Å². The van der Waals surface area contributed by atoms with Gasteiger partial charge >= 0.3 is 6.09 Å². The molecule has 23 heavy (non-hydrogen) atoms. The van der Waals surface area contributed by atoms with Crippen molar-refractivity contribution in [3.05, 3.63) is 71.8 Å². The molecule has 1 amide bonds. The number of methoxy groups -OCH3 is 1. The Labute approximate surface area is 136 Å². The molecule has 120 valence electrons. The third-order valence-corrected chi connectivity index (χ3v) is 4.57. The minimum atomic E-state index is -1.26. The first-order valence-corrected chi connectivity index (χ1v) is 7.86. The van der Waals surface area contributed by atoms with E-state index in [1.807, 2.05) is 60.7 Å². The van der Waals surface area contributed by atoms with Crippen molar-refractivity contribution in [1.82, 2.24) is 4.90 Å². The molecule has 1 heterocycles. The fourth-order valence-corrected chi connectivity index (χ4v) is 3.47. The van der Waals surface area contributed by atoms with Gasteiger partial charge in [0.25, 0.3) is 0 Å². The third-order valence-electron chi connectivity index (χ3n) is 4.57. The van der Waals surface area contributed by atoms with Crippen LogP contribution >= 0.6 is 0 Å². The molecule has 1 N–H and O–H groups in total. The Morgan fingerprint density at radius 1 is 1.09 bits per heavy atom. The quantitative estimate of drug-likeness (QED) is 0.947. The zero-order chi connectivity index (χ0) is 16.3. The maximum absolute atomic E-state index is 12.1. The number of amides is 1. The second-order valence-corrected chi connectivity index (χ2v) is 5.82. The van der Waals surface area contributed by atoms with E-state index in [0.717, 1.165) is 24.0 Å². The van der Waals surface area contributed by atoms with Gasteiger partial charge in [0.1, 0.15) is 5.60 Å². The van der Waals surface area contributed by atoms with Crippen LogP contribution in [0, 0.1) is 0 Å². The van der Waals surface area contributed by atoms with E-state index in [4.69, 9.17) is 4.74 Å². The van der Waals surface area contributed by atoms with Crippen LogP contribution in [0.1, 0.15) is 24.0 Å². The topological polar surface area (TPSA) is 49.8 Å². The van der Waals surface area contributed by atoms with Gasteiger partial charge in [-0.1, -0.05) is 60.7 Å². The highest BCUT2D eigenvalue weighted by atomic mass is 16.5. The van der Waals surface area contributed by atoms with Gasteiger partial charge in [0.05, 0.1) is 13.2 Å². The molecule has 2 aromatic rings. The Kier molecular flexibility index (Phi) is 4.35. The molecule has 4 heteroatoms. The van der Waals surface area contributed by atoms with Gasteiger partial charge in [0.2, 0.25) is 0 Å². The number of hydrogen-bond donors (Lipinski definition) is 1. The van der Waals surface area contributed by atoms with E-state index in [2.05, 4.69) is 0 Å². The van der Waals surface area contributed by atoms with Crippen molar-refractivity contribution in [2.45, 2.75) is 24.5 Å². The number of rotatable bonds is 3. The van der Waals surface area contributed by atoms with Crippen molar-refractivity contribution in [2.75, 3.05) is 13.7 Å². The minimum Gasteiger partial charge on any atom is -0.453 e. The largest absolute Gasteiger partial charge is 0.453 e. The summed E-state index contributed by atoms with van der Waals surface area (Å²) in [5, 5.41) is 11.7. The summed E-state index contributed by atoms with van der Waals surface area (Å²) in [5.41, 5.74) is 0.312. The van der Waals surface area contributed by atoms with E-state index in [1.54, 1.807) is 4.90 Å². The zero-order valence-corrected chi connectivity index (χ0v) is 13.2. The van der Waals surface area contributed by atoms with Gasteiger partial charge in [0.15, 0.2) is 0 Å². The molecule has 0 bridgehead atoms. The summed E-state index contributed by atoms with van der Waals surface area (Å²) in [7, 11) is 1.38. The molecule has 0 spiro atoms. The van der Waals surface area contributed by atoms with E-state index in [0.29, 0.717) is 6.54 Å². The predicted molar refractivity (Wildman–Crippen MR) is 88.0 cm³/mol. The number of hydrogen-bond acceptors (Lipinski definition) is 3. The summed E-state index contributed by atoms with van der Waals surface area (Å²) in [6.07, 6.45) is 1.19. The van der Waals surface area contributed by atoms with E-state index < -0.39 is 11.7 Å². The molecule has 0 aromatic heterocycles. The molecule has 0 radical (unpaired) electrons. The molecular formula is C19H21NO3. The SMILES string of the molecule is COC(=O)N1CCC[C@H]1C(O)(c1ccccc1)c1ccccc1. The molecule has 1 aliphatic rings. The highest BCUT2D eigenvalue weighted by Gasteiger charge is 2.47. The molecule has 1 fully saturated rings. The lowest BCUT2D eigenvalue weighted by Gasteiger charge is -2.39. The summed E-state index contributed by atoms with van der Waals surface area (Å²) in [6.45, 7) is 0.597. The Morgan fingerprint density at radius 3 is 2.09 bits per heavy atom. The first kappa shape index (κ1) is 15.6. The fourth-order valence-electron chi connectivity index (χ4n) is 3.47. The van der Waals surface area contributed by atoms with Crippen LogP contribution in [-0.4, -0.2) is 35.8 Å². The maximum atomic E-state index is 12.1. The van der Waals surface area contributed by atoms with Gasteiger partial charge in [0, 0.05) is 6.54 Å². The number of benzene rings is 2. The van der Waals surface area contributed by atoms with E-state index in [-0.39, 0.29) is 6.04 Å². The second-order valence-electron chi connectivity index (χ2n) is 5.82. The maximum Gasteiger partial charge on any atom is 0.409 e. The molecule has 1 atom stereocenters. The monoisotopic (exact) mass is 311 g/mol. The summed E-state index contributed by atoms with van der Waals surface area (Å²) in [5.74, 6) is 0. The number of aliphatic hydroxyl groups is 1. The first-order chi connectivity index (χ1) is 11.2. The zero-order valence-electron chi connectivity index (χ0n) is 13.2. The minimum absolute atomic E-state index is 0.347. The number of carbonyl (C=O) groups excluding carboxylic acids is 1. The van der Waals surface area contributed by atoms with Crippen LogP contribution in [0.2, 0.25) is 0 Å². The Hall–Kier alpha value is -2.33. The van der Waals surface area contributed by atoms with E-state index in [1.165, 1.54) is 7.11 Å². The molecule has 1 aliphatic heterocycles. The van der Waals surface area contributed by atoms with Crippen LogP contribution in [0.4, 0.5) is 4.79 Å². The summed E-state index contributed by atoms with van der Waals surface area (Å²) in [6, 6.07) is 18.7. The molecule has 1 saturated heterocycles. The first-order valence-electron chi connectivity index (χ1n) is 7.86. The average molecular weight is 311 g/mol. The lowest BCUT2D eigenvalue weighted by molar-refractivity contribution is -0.00229. The van der Waals surface area contributed by atoms with Crippen molar-refractivity contribution in [1.29, 1.82) is 0 Å². The lowest BCUT2D eigenvalue weighted by atomic mass is 9.79. The average Bonchev–Trinajstić information content (AvgIpc) is 3.12. The Balaban J connectivity index is 2.11. The molecule has 0 saturated carbocycles. The highest BCUT2D eigenvalue weighted by molar-refractivity contribution is 5.69. The predicted octanol–water partition coefficient (Wildman–Crippen LogP) is 3.15. The van der Waals surface area contributed by atoms with Crippen molar-refractivity contribution in [2.24, 2.45) is 0 Å². The van der Waals surface area contributed by atoms with Crippen molar-refractivity contribution in [3.8, 4) is 0 Å². The van der Waals surface area contributed by atoms with E-state index in [9.17, 15) is 9.90 Å². The highest BCUT2D eigenvalue weighted by Crippen LogP contribution is 2.40. The Bertz CT molecular complexity index is 617. The van der Waals surface area contributed by atoms with Gasteiger partial charge in [-0.25, -0.2) is 4.79 Å². The number of nitrogens with zero attached hydrogens (tertiary/aromatic N) is 1. The fraction of sp³-hybridized carbons (Fsp3) is 0.316. The van der Waals surface area contributed by atoms with Crippen LogP contribution in [0.5, 0.6) is 0 Å². The van der Waals surface area contributed by atoms with Crippen molar-refractivity contribution >= 4 is 6.09 Å². The lowest BCUT2D eigenvalue weighted by Crippen LogP contribution is -2.50. The van der Waals surface area contributed by atoms with Crippen molar-refractivity contribution < 1.29 is 14.6 Å². The number of ether oxygens (including phenoxy) is 1. The molecule has 2 aromatic carbocycles. The molecule has 3 rings (SSSR count). The molecule has 0 unspecified atom stereocenters. The Morgan fingerprint density at radius 2 is 1.61 bits per heavy atom. The number of carbonyl (C=O) groups is 1. The molecular weight excluding hydrogens is 290 g/mol. The second kappa shape index (κ2) is 6.42. The standard InChI is InChI=1S/C19H21NO3/c1-23-18(21)20-14-8-13-17(20)19(22,15-9-4-2-5-10-15)16-11-6-3-7-12-16/h2-7,9-12,17,22H,8,13-14H2,1H3/t17-/m0/s1. The van der Waals surface area contributed by atoms with Crippen LogP contribution < -0.4 is 0 Å². The summed E-state index contributed by atoms with van der Waals surface area (Å²) in [4.78, 5) is 13.8. The van der Waals surface area contributed by atoms with Crippen molar-refractivity contribution in [3.63, 3.8) is 0 Å². The number of likely N-dealkylation sites (tertiary alicyclic amines) is 1. The summed E-state index contributed by atoms with van der Waals surface area (Å²) < 4.78 is 4.91. The van der Waals surface area contributed by atoms with Gasteiger partial charge in [-0.05, 0) is 24.0 Å². The third kappa shape index (κ3) is 2.70. The van der Waals surface area contributed by atoms with Crippen LogP contribution in [-0.2, 0) is 10.3 Å². The molecule has 0 aliphatic carbocycles. The van der Waals surface area contributed by atoms with Crippen LogP contribution in [0.25, 0.3) is 0 Å². The smallest absolute Gasteiger partial charge is 0.409 e. The summed E-state index contributed by atoms with van der Waals surface area (Å²) >= 11 is 0. The van der Waals surface area contributed by atoms with Gasteiger partial charge in [-0.3, -0.25) is 0 Å².